The Morgan fingerprint density at radius 1 is 0.818 bits per heavy atom. The van der Waals surface area contributed by atoms with Gasteiger partial charge in [-0.15, -0.1) is 0 Å². The fourth-order valence-corrected chi connectivity index (χ4v) is 6.95. The number of rotatable bonds is 10. The van der Waals surface area contributed by atoms with Crippen molar-refractivity contribution in [1.29, 1.82) is 0 Å². The molecule has 0 bridgehead atoms. The van der Waals surface area contributed by atoms with Crippen molar-refractivity contribution >= 4 is 27.5 Å². The number of carbonyl (C=O) groups excluding carboxylic acids is 1. The molecule has 0 aliphatic rings. The van der Waals surface area contributed by atoms with Crippen molar-refractivity contribution in [3.05, 3.63) is 126 Å². The third-order valence-electron chi connectivity index (χ3n) is 5.81. The Bertz CT molecular complexity index is 1130. The first-order valence-electron chi connectivity index (χ1n) is 11.1. The van der Waals surface area contributed by atoms with Crippen LogP contribution in [0.25, 0.3) is 0 Å². The van der Waals surface area contributed by atoms with E-state index < -0.39 is 5.91 Å². The van der Waals surface area contributed by atoms with E-state index in [9.17, 15) is 4.79 Å². The highest BCUT2D eigenvalue weighted by Gasteiger charge is 2.28. The van der Waals surface area contributed by atoms with Crippen LogP contribution in [-0.4, -0.2) is 15.7 Å². The van der Waals surface area contributed by atoms with Gasteiger partial charge in [-0.2, -0.15) is 0 Å². The standard InChI is InChI=1S/C28H28N2OS2/c1-21(30-18-8-9-19-30)20-26(33-32-25-12-6-3-7-13-25)27(22-10-4-2-5-11-22)23-14-16-24(17-15-23)28(29)31/h2-19,21,26-27H,20H2,1H3,(H2,29,31)/t21-,26-,27-/m0/s1. The third kappa shape index (κ3) is 6.12. The van der Waals surface area contributed by atoms with E-state index in [-0.39, 0.29) is 5.92 Å². The van der Waals surface area contributed by atoms with Crippen molar-refractivity contribution in [3.63, 3.8) is 0 Å². The lowest BCUT2D eigenvalue weighted by atomic mass is 9.85. The maximum absolute atomic E-state index is 11.6. The van der Waals surface area contributed by atoms with Crippen LogP contribution in [0.3, 0.4) is 0 Å². The molecule has 0 aliphatic carbocycles. The van der Waals surface area contributed by atoms with Gasteiger partial charge in [-0.1, -0.05) is 82.3 Å². The molecular weight excluding hydrogens is 444 g/mol. The van der Waals surface area contributed by atoms with E-state index in [0.29, 0.717) is 16.9 Å². The van der Waals surface area contributed by atoms with Crippen LogP contribution in [0.1, 0.15) is 46.8 Å². The maximum atomic E-state index is 11.6. The Morgan fingerprint density at radius 3 is 2.00 bits per heavy atom. The summed E-state index contributed by atoms with van der Waals surface area (Å²) < 4.78 is 2.28. The van der Waals surface area contributed by atoms with E-state index in [0.717, 1.165) is 6.42 Å². The van der Waals surface area contributed by atoms with Crippen molar-refractivity contribution in [1.82, 2.24) is 4.57 Å². The molecule has 2 N–H and O–H groups in total. The van der Waals surface area contributed by atoms with Crippen molar-refractivity contribution in [2.75, 3.05) is 0 Å². The summed E-state index contributed by atoms with van der Waals surface area (Å²) in [6.07, 6.45) is 5.27. The minimum Gasteiger partial charge on any atom is -0.366 e. The number of aromatic nitrogens is 1. The lowest BCUT2D eigenvalue weighted by Gasteiger charge is -2.30. The topological polar surface area (TPSA) is 48.0 Å². The fraction of sp³-hybridized carbons (Fsp3) is 0.179. The molecule has 33 heavy (non-hydrogen) atoms. The summed E-state index contributed by atoms with van der Waals surface area (Å²) in [5.74, 6) is -0.225. The van der Waals surface area contributed by atoms with E-state index >= 15 is 0 Å². The minimum absolute atomic E-state index is 0.173. The van der Waals surface area contributed by atoms with Crippen molar-refractivity contribution in [2.45, 2.75) is 35.4 Å². The molecule has 5 heteroatoms. The van der Waals surface area contributed by atoms with E-state index in [1.54, 1.807) is 0 Å². The average molecular weight is 473 g/mol. The van der Waals surface area contributed by atoms with Crippen LogP contribution >= 0.6 is 21.6 Å². The van der Waals surface area contributed by atoms with E-state index in [1.165, 1.54) is 16.0 Å². The molecule has 0 radical (unpaired) electrons. The quantitative estimate of drug-likeness (QED) is 0.249. The Kier molecular flexibility index (Phi) is 7.97. The molecule has 3 nitrogen and oxygen atoms in total. The molecule has 1 aromatic heterocycles. The second-order valence-electron chi connectivity index (χ2n) is 8.12. The molecular formula is C28H28N2OS2. The zero-order chi connectivity index (χ0) is 23.0. The molecule has 0 aliphatic heterocycles. The van der Waals surface area contributed by atoms with Gasteiger partial charge < -0.3 is 10.3 Å². The number of benzene rings is 3. The first-order chi connectivity index (χ1) is 16.1. The second-order valence-corrected chi connectivity index (χ2v) is 10.6. The SMILES string of the molecule is C[C@@H](C[C@H](SSc1ccccc1)[C@@H](c1ccccc1)c1ccc(C(N)=O)cc1)n1cccc1. The summed E-state index contributed by atoms with van der Waals surface area (Å²) in [6, 6.07) is 33.5. The minimum atomic E-state index is -0.399. The molecule has 0 fully saturated rings. The summed E-state index contributed by atoms with van der Waals surface area (Å²) in [7, 11) is 3.75. The number of nitrogens with two attached hydrogens (primary N) is 1. The zero-order valence-corrected chi connectivity index (χ0v) is 20.2. The molecule has 4 rings (SSSR count). The number of primary amides is 1. The first-order valence-corrected chi connectivity index (χ1v) is 13.3. The number of carbonyl (C=O) groups is 1. The van der Waals surface area contributed by atoms with Crippen LogP contribution in [0, 0.1) is 0 Å². The molecule has 0 saturated heterocycles. The average Bonchev–Trinajstić information content (AvgIpc) is 3.39. The van der Waals surface area contributed by atoms with Gasteiger partial charge in [0.15, 0.2) is 0 Å². The van der Waals surface area contributed by atoms with Gasteiger partial charge >= 0.3 is 0 Å². The van der Waals surface area contributed by atoms with Crippen molar-refractivity contribution < 1.29 is 4.79 Å². The molecule has 1 heterocycles. The smallest absolute Gasteiger partial charge is 0.248 e. The van der Waals surface area contributed by atoms with Crippen molar-refractivity contribution in [3.8, 4) is 0 Å². The van der Waals surface area contributed by atoms with E-state index in [2.05, 4.69) is 103 Å². The number of hydrogen-bond acceptors (Lipinski definition) is 3. The molecule has 0 spiro atoms. The van der Waals surface area contributed by atoms with Gasteiger partial charge in [0.05, 0.1) is 0 Å². The van der Waals surface area contributed by atoms with Gasteiger partial charge in [0.2, 0.25) is 5.91 Å². The van der Waals surface area contributed by atoms with Crippen LogP contribution in [0.15, 0.2) is 114 Å². The van der Waals surface area contributed by atoms with E-state index in [4.69, 9.17) is 5.73 Å². The van der Waals surface area contributed by atoms with Gasteiger partial charge in [-0.25, -0.2) is 0 Å². The van der Waals surface area contributed by atoms with E-state index in [1.807, 2.05) is 39.8 Å². The Hall–Kier alpha value is -2.89. The lowest BCUT2D eigenvalue weighted by molar-refractivity contribution is 0.100. The predicted octanol–water partition coefficient (Wildman–Crippen LogP) is 7.18. The third-order valence-corrected chi connectivity index (χ3v) is 8.69. The summed E-state index contributed by atoms with van der Waals surface area (Å²) in [6.45, 7) is 2.28. The molecule has 1 amide bonds. The highest BCUT2D eigenvalue weighted by Crippen LogP contribution is 2.46. The predicted molar refractivity (Wildman–Crippen MR) is 141 cm³/mol. The van der Waals surface area contributed by atoms with Crippen LogP contribution < -0.4 is 5.73 Å². The molecule has 0 unspecified atom stereocenters. The first kappa shape index (κ1) is 23.3. The number of hydrogen-bond donors (Lipinski definition) is 1. The highest BCUT2D eigenvalue weighted by atomic mass is 33.1. The van der Waals surface area contributed by atoms with Crippen LogP contribution in [0.4, 0.5) is 0 Å². The van der Waals surface area contributed by atoms with Gasteiger partial charge in [-0.3, -0.25) is 4.79 Å². The zero-order valence-electron chi connectivity index (χ0n) is 18.6. The number of amides is 1. The summed E-state index contributed by atoms with van der Waals surface area (Å²) >= 11 is 0. The van der Waals surface area contributed by atoms with Crippen LogP contribution in [0.5, 0.6) is 0 Å². The fourth-order valence-electron chi connectivity index (χ4n) is 4.06. The van der Waals surface area contributed by atoms with Gasteiger partial charge in [0.1, 0.15) is 0 Å². The number of nitrogens with zero attached hydrogens (tertiary/aromatic N) is 1. The molecule has 3 atom stereocenters. The van der Waals surface area contributed by atoms with Crippen molar-refractivity contribution in [2.24, 2.45) is 5.73 Å². The monoisotopic (exact) mass is 472 g/mol. The van der Waals surface area contributed by atoms with Crippen LogP contribution in [0.2, 0.25) is 0 Å². The molecule has 168 valence electrons. The highest BCUT2D eigenvalue weighted by molar-refractivity contribution is 8.77. The molecule has 0 saturated carbocycles. The second kappa shape index (κ2) is 11.3. The van der Waals surface area contributed by atoms with Gasteiger partial charge in [-0.05, 0) is 60.9 Å². The Morgan fingerprint density at radius 2 is 1.39 bits per heavy atom. The lowest BCUT2D eigenvalue weighted by Crippen LogP contribution is -2.21. The van der Waals surface area contributed by atoms with Gasteiger partial charge in [0.25, 0.3) is 0 Å². The summed E-state index contributed by atoms with van der Waals surface area (Å²) in [4.78, 5) is 12.9. The largest absolute Gasteiger partial charge is 0.366 e. The Balaban J connectivity index is 1.69. The summed E-state index contributed by atoms with van der Waals surface area (Å²) in [5.41, 5.74) is 8.50. The Labute approximate surface area is 203 Å². The van der Waals surface area contributed by atoms with Crippen LogP contribution in [-0.2, 0) is 0 Å². The van der Waals surface area contributed by atoms with Gasteiger partial charge in [0, 0.05) is 40.1 Å². The molecule has 4 aromatic rings. The molecule has 3 aromatic carbocycles. The summed E-state index contributed by atoms with van der Waals surface area (Å²) in [5, 5.41) is 0.300. The maximum Gasteiger partial charge on any atom is 0.248 e. The normalized spacial score (nSPS) is 13.8.